The summed E-state index contributed by atoms with van der Waals surface area (Å²) < 4.78 is 37.9. The number of benzene rings is 1. The molecule has 0 spiro atoms. The molecular weight excluding hydrogens is 299 g/mol. The zero-order valence-corrected chi connectivity index (χ0v) is 13.1. The fourth-order valence-electron chi connectivity index (χ4n) is 1.86. The summed E-state index contributed by atoms with van der Waals surface area (Å²) in [7, 11) is 0. The predicted octanol–water partition coefficient (Wildman–Crippen LogP) is 3.86. The molecule has 0 aliphatic rings. The van der Waals surface area contributed by atoms with Crippen LogP contribution in [0, 0.1) is 0 Å². The lowest BCUT2D eigenvalue weighted by molar-refractivity contribution is -0.137. The minimum Gasteiger partial charge on any atom is -0.387 e. The first kappa shape index (κ1) is 18.3. The van der Waals surface area contributed by atoms with E-state index in [0.717, 1.165) is 30.1 Å². The van der Waals surface area contributed by atoms with Crippen molar-refractivity contribution in [1.82, 2.24) is 5.32 Å². The van der Waals surface area contributed by atoms with Gasteiger partial charge in [-0.05, 0) is 42.5 Å². The van der Waals surface area contributed by atoms with Crippen LogP contribution in [0.5, 0.6) is 0 Å². The van der Waals surface area contributed by atoms with Crippen LogP contribution in [0.3, 0.4) is 0 Å². The van der Waals surface area contributed by atoms with E-state index in [4.69, 9.17) is 0 Å². The maximum Gasteiger partial charge on any atom is 0.416 e. The number of hydrogen-bond acceptors (Lipinski definition) is 3. The Kier molecular flexibility index (Phi) is 7.56. The zero-order chi connectivity index (χ0) is 15.9. The topological polar surface area (TPSA) is 32.3 Å². The number of halogens is 3. The zero-order valence-electron chi connectivity index (χ0n) is 12.3. The van der Waals surface area contributed by atoms with Gasteiger partial charge in [-0.15, -0.1) is 0 Å². The Morgan fingerprint density at radius 1 is 1.33 bits per heavy atom. The molecule has 2 unspecified atom stereocenters. The molecule has 0 heterocycles. The largest absolute Gasteiger partial charge is 0.416 e. The second-order valence-electron chi connectivity index (χ2n) is 4.93. The van der Waals surface area contributed by atoms with Gasteiger partial charge in [0.05, 0.1) is 11.7 Å². The highest BCUT2D eigenvalue weighted by Crippen LogP contribution is 2.30. The van der Waals surface area contributed by atoms with Crippen LogP contribution < -0.4 is 5.32 Å². The van der Waals surface area contributed by atoms with Gasteiger partial charge in [0.1, 0.15) is 0 Å². The monoisotopic (exact) mass is 321 g/mol. The van der Waals surface area contributed by atoms with E-state index < -0.39 is 17.8 Å². The summed E-state index contributed by atoms with van der Waals surface area (Å²) in [5.41, 5.74) is -0.445. The second kappa shape index (κ2) is 8.66. The first-order valence-corrected chi connectivity index (χ1v) is 8.16. The Hall–Kier alpha value is -0.720. The molecule has 0 radical (unpaired) electrons. The molecule has 0 bridgehead atoms. The van der Waals surface area contributed by atoms with E-state index in [0.29, 0.717) is 0 Å². The summed E-state index contributed by atoms with van der Waals surface area (Å²) in [6.07, 6.45) is -4.35. The van der Waals surface area contributed by atoms with Crippen LogP contribution in [0.4, 0.5) is 13.2 Å². The van der Waals surface area contributed by atoms with Crippen LogP contribution in [-0.4, -0.2) is 29.2 Å². The lowest BCUT2D eigenvalue weighted by Gasteiger charge is -2.18. The van der Waals surface area contributed by atoms with Crippen LogP contribution >= 0.6 is 11.8 Å². The molecule has 2 atom stereocenters. The molecule has 0 aromatic heterocycles. The van der Waals surface area contributed by atoms with Gasteiger partial charge in [-0.2, -0.15) is 24.9 Å². The SMILES string of the molecule is CCSCCC(C)NCC(O)c1cccc(C(F)(F)F)c1. The number of hydrogen-bond donors (Lipinski definition) is 2. The van der Waals surface area contributed by atoms with Gasteiger partial charge in [-0.1, -0.05) is 19.1 Å². The molecule has 2 N–H and O–H groups in total. The van der Waals surface area contributed by atoms with Crippen molar-refractivity contribution in [2.75, 3.05) is 18.1 Å². The van der Waals surface area contributed by atoms with Crippen LogP contribution in [0.2, 0.25) is 0 Å². The van der Waals surface area contributed by atoms with Gasteiger partial charge >= 0.3 is 6.18 Å². The number of alkyl halides is 3. The molecule has 0 fully saturated rings. The molecule has 0 amide bonds. The standard InChI is InChI=1S/C15H22F3NOS/c1-3-21-8-7-11(2)19-10-14(20)12-5-4-6-13(9-12)15(16,17)18/h4-6,9,11,14,19-20H,3,7-8,10H2,1-2H3. The van der Waals surface area contributed by atoms with Gasteiger partial charge in [0.25, 0.3) is 0 Å². The molecule has 0 saturated carbocycles. The molecular formula is C15H22F3NOS. The number of aliphatic hydroxyl groups excluding tert-OH is 1. The van der Waals surface area contributed by atoms with E-state index in [1.54, 1.807) is 0 Å². The Morgan fingerprint density at radius 3 is 2.67 bits per heavy atom. The smallest absolute Gasteiger partial charge is 0.387 e. The fourth-order valence-corrected chi connectivity index (χ4v) is 2.67. The normalized spacial score (nSPS) is 15.0. The van der Waals surface area contributed by atoms with E-state index >= 15 is 0 Å². The van der Waals surface area contributed by atoms with Gasteiger partial charge in [0.2, 0.25) is 0 Å². The van der Waals surface area contributed by atoms with Crippen molar-refractivity contribution < 1.29 is 18.3 Å². The number of thioether (sulfide) groups is 1. The molecule has 1 aromatic rings. The maximum atomic E-state index is 12.6. The summed E-state index contributed by atoms with van der Waals surface area (Å²) in [5, 5.41) is 13.1. The molecule has 120 valence electrons. The molecule has 1 aromatic carbocycles. The van der Waals surface area contributed by atoms with Crippen LogP contribution in [0.1, 0.15) is 37.5 Å². The van der Waals surface area contributed by atoms with E-state index in [9.17, 15) is 18.3 Å². The third kappa shape index (κ3) is 6.72. The van der Waals surface area contributed by atoms with Crippen LogP contribution in [0.15, 0.2) is 24.3 Å². The number of aliphatic hydroxyl groups is 1. The lowest BCUT2D eigenvalue weighted by atomic mass is 10.1. The Balaban J connectivity index is 2.50. The van der Waals surface area contributed by atoms with Crippen molar-refractivity contribution in [2.45, 2.75) is 38.6 Å². The van der Waals surface area contributed by atoms with Gasteiger partial charge in [-0.3, -0.25) is 0 Å². The molecule has 0 saturated heterocycles. The van der Waals surface area contributed by atoms with Crippen molar-refractivity contribution in [3.05, 3.63) is 35.4 Å². The van der Waals surface area contributed by atoms with E-state index in [2.05, 4.69) is 12.2 Å². The summed E-state index contributed by atoms with van der Waals surface area (Å²) in [4.78, 5) is 0. The van der Waals surface area contributed by atoms with Crippen LogP contribution in [0.25, 0.3) is 0 Å². The quantitative estimate of drug-likeness (QED) is 0.713. The van der Waals surface area contributed by atoms with Crippen molar-refractivity contribution >= 4 is 11.8 Å². The molecule has 21 heavy (non-hydrogen) atoms. The number of nitrogens with one attached hydrogen (secondary N) is 1. The Bertz CT molecular complexity index is 426. The average Bonchev–Trinajstić information content (AvgIpc) is 2.44. The van der Waals surface area contributed by atoms with Crippen molar-refractivity contribution in [3.63, 3.8) is 0 Å². The highest BCUT2D eigenvalue weighted by atomic mass is 32.2. The van der Waals surface area contributed by atoms with Crippen molar-refractivity contribution in [3.8, 4) is 0 Å². The van der Waals surface area contributed by atoms with Crippen molar-refractivity contribution in [1.29, 1.82) is 0 Å². The summed E-state index contributed by atoms with van der Waals surface area (Å²) in [6, 6.07) is 5.07. The second-order valence-corrected chi connectivity index (χ2v) is 6.33. The maximum absolute atomic E-state index is 12.6. The summed E-state index contributed by atoms with van der Waals surface area (Å²) in [5.74, 6) is 2.10. The Morgan fingerprint density at radius 2 is 2.05 bits per heavy atom. The van der Waals surface area contributed by atoms with Gasteiger partial charge in [-0.25, -0.2) is 0 Å². The highest BCUT2D eigenvalue weighted by Gasteiger charge is 2.30. The first-order valence-electron chi connectivity index (χ1n) is 7.01. The van der Waals surface area contributed by atoms with Crippen LogP contribution in [-0.2, 0) is 6.18 Å². The van der Waals surface area contributed by atoms with Gasteiger partial charge in [0, 0.05) is 12.6 Å². The average molecular weight is 321 g/mol. The highest BCUT2D eigenvalue weighted by molar-refractivity contribution is 7.99. The Labute approximate surface area is 128 Å². The number of rotatable bonds is 8. The van der Waals surface area contributed by atoms with E-state index in [1.807, 2.05) is 18.7 Å². The predicted molar refractivity (Wildman–Crippen MR) is 81.5 cm³/mol. The molecule has 2 nitrogen and oxygen atoms in total. The lowest BCUT2D eigenvalue weighted by Crippen LogP contribution is -2.31. The van der Waals surface area contributed by atoms with Crippen molar-refractivity contribution in [2.24, 2.45) is 0 Å². The van der Waals surface area contributed by atoms with Gasteiger partial charge in [0.15, 0.2) is 0 Å². The third-order valence-corrected chi connectivity index (χ3v) is 4.09. The molecule has 6 heteroatoms. The molecule has 1 rings (SSSR count). The minimum absolute atomic E-state index is 0.226. The summed E-state index contributed by atoms with van der Waals surface area (Å²) in [6.45, 7) is 4.36. The third-order valence-electron chi connectivity index (χ3n) is 3.16. The molecule has 0 aliphatic heterocycles. The van der Waals surface area contributed by atoms with E-state index in [1.165, 1.54) is 12.1 Å². The summed E-state index contributed by atoms with van der Waals surface area (Å²) >= 11 is 1.84. The van der Waals surface area contributed by atoms with E-state index in [-0.39, 0.29) is 18.2 Å². The fraction of sp³-hybridized carbons (Fsp3) is 0.600. The van der Waals surface area contributed by atoms with Gasteiger partial charge < -0.3 is 10.4 Å². The minimum atomic E-state index is -4.38. The first-order chi connectivity index (χ1) is 9.84. The molecule has 0 aliphatic carbocycles.